The summed E-state index contributed by atoms with van der Waals surface area (Å²) in [5.74, 6) is -2.84. The van der Waals surface area contributed by atoms with Crippen LogP contribution in [0.5, 0.6) is 0 Å². The first-order valence-electron chi connectivity index (χ1n) is 4.57. The molecule has 0 aliphatic rings. The van der Waals surface area contributed by atoms with E-state index in [1.54, 1.807) is 0 Å². The SMILES string of the molecule is NC(=O)C[C@H](NC(=O)c1cncnc1)C(=O)O. The lowest BCUT2D eigenvalue weighted by atomic mass is 10.2. The number of aliphatic carboxylic acids is 1. The summed E-state index contributed by atoms with van der Waals surface area (Å²) in [5.41, 5.74) is 4.97. The Morgan fingerprint density at radius 3 is 2.41 bits per heavy atom. The molecule has 1 aromatic rings. The highest BCUT2D eigenvalue weighted by atomic mass is 16.4. The van der Waals surface area contributed by atoms with E-state index in [-0.39, 0.29) is 5.56 Å². The number of rotatable bonds is 5. The molecule has 1 heterocycles. The van der Waals surface area contributed by atoms with E-state index in [2.05, 4.69) is 15.3 Å². The van der Waals surface area contributed by atoms with E-state index in [1.165, 1.54) is 18.7 Å². The standard InChI is InChI=1S/C9H10N4O4/c10-7(14)1-6(9(16)17)13-8(15)5-2-11-4-12-3-5/h2-4,6H,1H2,(H2,10,14)(H,13,15)(H,16,17)/t6-/m0/s1. The number of nitrogens with two attached hydrogens (primary N) is 1. The summed E-state index contributed by atoms with van der Waals surface area (Å²) in [6.45, 7) is 0. The fraction of sp³-hybridized carbons (Fsp3) is 0.222. The van der Waals surface area contributed by atoms with Crippen LogP contribution in [0.15, 0.2) is 18.7 Å². The lowest BCUT2D eigenvalue weighted by Gasteiger charge is -2.12. The van der Waals surface area contributed by atoms with E-state index in [9.17, 15) is 14.4 Å². The van der Waals surface area contributed by atoms with E-state index < -0.39 is 30.2 Å². The number of carbonyl (C=O) groups excluding carboxylic acids is 2. The van der Waals surface area contributed by atoms with Crippen molar-refractivity contribution in [1.29, 1.82) is 0 Å². The Hall–Kier alpha value is -2.51. The lowest BCUT2D eigenvalue weighted by Crippen LogP contribution is -2.43. The van der Waals surface area contributed by atoms with Crippen LogP contribution < -0.4 is 11.1 Å². The van der Waals surface area contributed by atoms with Gasteiger partial charge in [-0.15, -0.1) is 0 Å². The minimum absolute atomic E-state index is 0.100. The van der Waals surface area contributed by atoms with Gasteiger partial charge in [-0.2, -0.15) is 0 Å². The van der Waals surface area contributed by atoms with Crippen molar-refractivity contribution in [2.45, 2.75) is 12.5 Å². The average Bonchev–Trinajstić information content (AvgIpc) is 2.28. The zero-order chi connectivity index (χ0) is 12.8. The normalized spacial score (nSPS) is 11.5. The molecule has 0 bridgehead atoms. The summed E-state index contributed by atoms with van der Waals surface area (Å²) in [6.07, 6.45) is 3.21. The van der Waals surface area contributed by atoms with Gasteiger partial charge >= 0.3 is 5.97 Å². The van der Waals surface area contributed by atoms with Gasteiger partial charge in [0, 0.05) is 12.4 Å². The number of aromatic nitrogens is 2. The number of nitrogens with one attached hydrogen (secondary N) is 1. The molecule has 90 valence electrons. The van der Waals surface area contributed by atoms with Crippen molar-refractivity contribution in [2.75, 3.05) is 0 Å². The molecule has 0 aromatic carbocycles. The third-order valence-corrected chi connectivity index (χ3v) is 1.83. The fourth-order valence-electron chi connectivity index (χ4n) is 1.06. The number of hydrogen-bond acceptors (Lipinski definition) is 5. The van der Waals surface area contributed by atoms with Crippen molar-refractivity contribution in [3.63, 3.8) is 0 Å². The molecular formula is C9H10N4O4. The van der Waals surface area contributed by atoms with Crippen LogP contribution in [-0.2, 0) is 9.59 Å². The third-order valence-electron chi connectivity index (χ3n) is 1.83. The quantitative estimate of drug-likeness (QED) is 0.573. The van der Waals surface area contributed by atoms with Crippen LogP contribution >= 0.6 is 0 Å². The minimum Gasteiger partial charge on any atom is -0.480 e. The van der Waals surface area contributed by atoms with Gasteiger partial charge in [0.25, 0.3) is 5.91 Å². The first kappa shape index (κ1) is 12.6. The van der Waals surface area contributed by atoms with Crippen LogP contribution in [0.2, 0.25) is 0 Å². The van der Waals surface area contributed by atoms with E-state index in [4.69, 9.17) is 10.8 Å². The van der Waals surface area contributed by atoms with E-state index >= 15 is 0 Å². The summed E-state index contributed by atoms with van der Waals surface area (Å²) in [6, 6.07) is -1.36. The molecule has 1 aromatic heterocycles. The van der Waals surface area contributed by atoms with Gasteiger partial charge in [-0.1, -0.05) is 0 Å². The molecule has 1 atom stereocenters. The molecule has 2 amide bonds. The Balaban J connectivity index is 2.71. The molecular weight excluding hydrogens is 228 g/mol. The van der Waals surface area contributed by atoms with Crippen molar-refractivity contribution < 1.29 is 19.5 Å². The maximum Gasteiger partial charge on any atom is 0.326 e. The Morgan fingerprint density at radius 1 is 1.35 bits per heavy atom. The number of amides is 2. The lowest BCUT2D eigenvalue weighted by molar-refractivity contribution is -0.140. The molecule has 4 N–H and O–H groups in total. The van der Waals surface area contributed by atoms with E-state index in [0.29, 0.717) is 0 Å². The van der Waals surface area contributed by atoms with Crippen LogP contribution in [0.1, 0.15) is 16.8 Å². The predicted octanol–water partition coefficient (Wildman–Crippen LogP) is -1.46. The molecule has 1 rings (SSSR count). The number of hydrogen-bond donors (Lipinski definition) is 3. The smallest absolute Gasteiger partial charge is 0.326 e. The molecule has 17 heavy (non-hydrogen) atoms. The van der Waals surface area contributed by atoms with Gasteiger partial charge < -0.3 is 16.2 Å². The molecule has 8 nitrogen and oxygen atoms in total. The van der Waals surface area contributed by atoms with Crippen LogP contribution in [0, 0.1) is 0 Å². The topological polar surface area (TPSA) is 135 Å². The average molecular weight is 238 g/mol. The summed E-state index contributed by atoms with van der Waals surface area (Å²) >= 11 is 0. The number of carboxylic acids is 1. The molecule has 0 fully saturated rings. The van der Waals surface area contributed by atoms with Gasteiger partial charge in [0.1, 0.15) is 12.4 Å². The second kappa shape index (κ2) is 5.54. The van der Waals surface area contributed by atoms with Crippen LogP contribution in [0.3, 0.4) is 0 Å². The first-order chi connectivity index (χ1) is 8.00. The highest BCUT2D eigenvalue weighted by Gasteiger charge is 2.22. The summed E-state index contributed by atoms with van der Waals surface area (Å²) in [4.78, 5) is 40.1. The number of primary amides is 1. The van der Waals surface area contributed by atoms with Crippen molar-refractivity contribution in [1.82, 2.24) is 15.3 Å². The first-order valence-corrected chi connectivity index (χ1v) is 4.57. The predicted molar refractivity (Wildman–Crippen MR) is 54.7 cm³/mol. The Bertz CT molecular complexity index is 434. The van der Waals surface area contributed by atoms with Gasteiger partial charge in [0.2, 0.25) is 5.91 Å². The zero-order valence-corrected chi connectivity index (χ0v) is 8.66. The maximum absolute atomic E-state index is 11.5. The molecule has 0 aliphatic heterocycles. The summed E-state index contributed by atoms with van der Waals surface area (Å²) < 4.78 is 0. The highest BCUT2D eigenvalue weighted by molar-refractivity contribution is 5.97. The van der Waals surface area contributed by atoms with Crippen molar-refractivity contribution in [2.24, 2.45) is 5.73 Å². The van der Waals surface area contributed by atoms with E-state index in [1.807, 2.05) is 0 Å². The van der Waals surface area contributed by atoms with Gasteiger partial charge in [0.15, 0.2) is 0 Å². The third kappa shape index (κ3) is 3.86. The molecule has 0 aliphatic carbocycles. The fourth-order valence-corrected chi connectivity index (χ4v) is 1.06. The molecule has 0 saturated carbocycles. The molecule has 0 spiro atoms. The minimum atomic E-state index is -1.36. The van der Waals surface area contributed by atoms with Crippen molar-refractivity contribution in [3.8, 4) is 0 Å². The second-order valence-corrected chi connectivity index (χ2v) is 3.16. The Kier molecular flexibility index (Phi) is 4.09. The Morgan fingerprint density at radius 2 is 1.94 bits per heavy atom. The van der Waals surface area contributed by atoms with Crippen molar-refractivity contribution in [3.05, 3.63) is 24.3 Å². The molecule has 0 unspecified atom stereocenters. The van der Waals surface area contributed by atoms with Crippen LogP contribution in [-0.4, -0.2) is 38.9 Å². The number of carboxylic acid groups (broad SMARTS) is 1. The molecule has 0 saturated heterocycles. The molecule has 8 heteroatoms. The second-order valence-electron chi connectivity index (χ2n) is 3.16. The maximum atomic E-state index is 11.5. The zero-order valence-electron chi connectivity index (χ0n) is 8.66. The summed E-state index contributed by atoms with van der Waals surface area (Å²) in [5, 5.41) is 10.9. The highest BCUT2D eigenvalue weighted by Crippen LogP contribution is 1.97. The van der Waals surface area contributed by atoms with E-state index in [0.717, 1.165) is 0 Å². The monoisotopic (exact) mass is 238 g/mol. The van der Waals surface area contributed by atoms with Crippen molar-refractivity contribution >= 4 is 17.8 Å². The van der Waals surface area contributed by atoms with Crippen LogP contribution in [0.25, 0.3) is 0 Å². The number of nitrogens with zero attached hydrogens (tertiary/aromatic N) is 2. The summed E-state index contributed by atoms with van der Waals surface area (Å²) in [7, 11) is 0. The number of carbonyl (C=O) groups is 3. The van der Waals surface area contributed by atoms with Gasteiger partial charge in [-0.25, -0.2) is 14.8 Å². The van der Waals surface area contributed by atoms with Gasteiger partial charge in [-0.3, -0.25) is 9.59 Å². The van der Waals surface area contributed by atoms with Crippen LogP contribution in [0.4, 0.5) is 0 Å². The molecule has 0 radical (unpaired) electrons. The Labute approximate surface area is 95.9 Å². The van der Waals surface area contributed by atoms with Gasteiger partial charge in [0.05, 0.1) is 12.0 Å². The largest absolute Gasteiger partial charge is 0.480 e. The van der Waals surface area contributed by atoms with Gasteiger partial charge in [-0.05, 0) is 0 Å².